The Kier molecular flexibility index (Phi) is 5.30. The summed E-state index contributed by atoms with van der Waals surface area (Å²) in [6, 6.07) is 10.2. The van der Waals surface area contributed by atoms with Crippen LogP contribution in [0, 0.1) is 5.92 Å². The van der Waals surface area contributed by atoms with Crippen molar-refractivity contribution in [1.82, 2.24) is 15.5 Å². The Hall–Kier alpha value is -2.15. The van der Waals surface area contributed by atoms with Gasteiger partial charge in [0.25, 0.3) is 0 Å². The maximum Gasteiger partial charge on any atom is 0.321 e. The molecule has 0 unspecified atom stereocenters. The summed E-state index contributed by atoms with van der Waals surface area (Å²) in [5.41, 5.74) is 1.25. The predicted molar refractivity (Wildman–Crippen MR) is 97.8 cm³/mol. The van der Waals surface area contributed by atoms with E-state index in [1.807, 2.05) is 6.07 Å². The summed E-state index contributed by atoms with van der Waals surface area (Å²) in [6.07, 6.45) is 1.09. The zero-order valence-corrected chi connectivity index (χ0v) is 14.8. The van der Waals surface area contributed by atoms with E-state index >= 15 is 0 Å². The Labute approximate surface area is 146 Å². The third kappa shape index (κ3) is 4.23. The van der Waals surface area contributed by atoms with Crippen LogP contribution in [-0.2, 0) is 0 Å². The molecule has 128 valence electrons. The number of benzene rings is 1. The molecule has 1 atom stereocenters. The van der Waals surface area contributed by atoms with Crippen LogP contribution in [0.4, 0.5) is 15.6 Å². The molecule has 2 heterocycles. The third-order valence-corrected chi connectivity index (χ3v) is 5.25. The fourth-order valence-electron chi connectivity index (χ4n) is 2.77. The van der Waals surface area contributed by atoms with Crippen LogP contribution in [0.2, 0.25) is 0 Å². The number of urea groups is 1. The average molecular weight is 345 g/mol. The highest BCUT2D eigenvalue weighted by Gasteiger charge is 2.23. The number of para-hydroxylation sites is 1. The van der Waals surface area contributed by atoms with Crippen molar-refractivity contribution in [3.63, 3.8) is 0 Å². The maximum absolute atomic E-state index is 12.0. The van der Waals surface area contributed by atoms with E-state index in [-0.39, 0.29) is 6.03 Å². The number of carbonyl (C=O) groups excluding carboxylic acids is 1. The smallest absolute Gasteiger partial charge is 0.321 e. The van der Waals surface area contributed by atoms with Crippen molar-refractivity contribution in [3.05, 3.63) is 35.3 Å². The minimum absolute atomic E-state index is 0.209. The molecule has 2 amide bonds. The highest BCUT2D eigenvalue weighted by molar-refractivity contribution is 7.15. The number of hydrogen-bond acceptors (Lipinski definition) is 5. The second kappa shape index (κ2) is 7.61. The summed E-state index contributed by atoms with van der Waals surface area (Å²) in [5, 5.41) is 15.3. The summed E-state index contributed by atoms with van der Waals surface area (Å²) < 4.78 is 0. The van der Waals surface area contributed by atoms with Crippen LogP contribution in [0.15, 0.2) is 30.3 Å². The van der Waals surface area contributed by atoms with Crippen LogP contribution in [0.1, 0.15) is 31.2 Å². The van der Waals surface area contributed by atoms with Gasteiger partial charge in [-0.25, -0.2) is 4.79 Å². The number of carbonyl (C=O) groups is 1. The van der Waals surface area contributed by atoms with Gasteiger partial charge in [-0.05, 0) is 24.5 Å². The molecule has 1 aromatic heterocycles. The summed E-state index contributed by atoms with van der Waals surface area (Å²) in [4.78, 5) is 14.4. The van der Waals surface area contributed by atoms with E-state index in [4.69, 9.17) is 0 Å². The Balaban J connectivity index is 1.43. The minimum atomic E-state index is -0.209. The molecule has 1 aromatic carbocycles. The maximum atomic E-state index is 12.0. The SMILES string of the molecule is CC(C)c1nnc(NC(=O)NC[C@H]2CCN(c3ccccc3)C2)s1. The van der Waals surface area contributed by atoms with Gasteiger partial charge in [0, 0.05) is 31.2 Å². The van der Waals surface area contributed by atoms with Gasteiger partial charge >= 0.3 is 6.03 Å². The first-order valence-electron chi connectivity index (χ1n) is 8.30. The summed E-state index contributed by atoms with van der Waals surface area (Å²) in [7, 11) is 0. The standard InChI is InChI=1S/C17H23N5OS/c1-12(2)15-20-21-17(24-15)19-16(23)18-10-13-8-9-22(11-13)14-6-4-3-5-7-14/h3-7,12-13H,8-11H2,1-2H3,(H2,18,19,21,23)/t13-/m1/s1. The van der Waals surface area contributed by atoms with Gasteiger partial charge in [0.2, 0.25) is 5.13 Å². The molecular formula is C17H23N5OS. The predicted octanol–water partition coefficient (Wildman–Crippen LogP) is 3.31. The van der Waals surface area contributed by atoms with Gasteiger partial charge in [0.05, 0.1) is 0 Å². The topological polar surface area (TPSA) is 70.1 Å². The highest BCUT2D eigenvalue weighted by Crippen LogP contribution is 2.24. The second-order valence-electron chi connectivity index (χ2n) is 6.37. The number of aromatic nitrogens is 2. The first kappa shape index (κ1) is 16.7. The Morgan fingerprint density at radius 1 is 1.33 bits per heavy atom. The number of rotatable bonds is 5. The van der Waals surface area contributed by atoms with Crippen LogP contribution in [0.3, 0.4) is 0 Å². The van der Waals surface area contributed by atoms with E-state index in [9.17, 15) is 4.79 Å². The van der Waals surface area contributed by atoms with Gasteiger partial charge in [-0.3, -0.25) is 5.32 Å². The summed E-state index contributed by atoms with van der Waals surface area (Å²) in [5.74, 6) is 0.792. The van der Waals surface area contributed by atoms with Gasteiger partial charge in [0.15, 0.2) is 0 Å². The number of hydrogen-bond donors (Lipinski definition) is 2. The fraction of sp³-hybridized carbons (Fsp3) is 0.471. The van der Waals surface area contributed by atoms with Gasteiger partial charge in [-0.2, -0.15) is 0 Å². The average Bonchev–Trinajstić information content (AvgIpc) is 3.23. The Morgan fingerprint density at radius 2 is 2.12 bits per heavy atom. The molecule has 1 saturated heterocycles. The van der Waals surface area contributed by atoms with E-state index in [1.165, 1.54) is 17.0 Å². The first-order chi connectivity index (χ1) is 11.6. The molecular weight excluding hydrogens is 322 g/mol. The molecule has 2 aromatic rings. The van der Waals surface area contributed by atoms with Crippen LogP contribution in [-0.4, -0.2) is 35.9 Å². The van der Waals surface area contributed by atoms with E-state index < -0.39 is 0 Å². The zero-order valence-electron chi connectivity index (χ0n) is 14.0. The van der Waals surface area contributed by atoms with Crippen molar-refractivity contribution < 1.29 is 4.79 Å². The van der Waals surface area contributed by atoms with Crippen LogP contribution in [0.25, 0.3) is 0 Å². The lowest BCUT2D eigenvalue weighted by Gasteiger charge is -2.18. The number of nitrogens with zero attached hydrogens (tertiary/aromatic N) is 3. The van der Waals surface area contributed by atoms with Crippen molar-refractivity contribution in [1.29, 1.82) is 0 Å². The van der Waals surface area contributed by atoms with Crippen molar-refractivity contribution in [2.45, 2.75) is 26.2 Å². The largest absolute Gasteiger partial charge is 0.371 e. The molecule has 0 aliphatic carbocycles. The molecule has 7 heteroatoms. The monoisotopic (exact) mass is 345 g/mol. The van der Waals surface area contributed by atoms with E-state index in [0.29, 0.717) is 23.5 Å². The molecule has 0 saturated carbocycles. The molecule has 3 rings (SSSR count). The lowest BCUT2D eigenvalue weighted by atomic mass is 10.1. The molecule has 1 aliphatic rings. The number of nitrogens with one attached hydrogen (secondary N) is 2. The van der Waals surface area contributed by atoms with Crippen molar-refractivity contribution in [2.75, 3.05) is 29.9 Å². The summed E-state index contributed by atoms with van der Waals surface area (Å²) in [6.45, 7) is 6.80. The van der Waals surface area contributed by atoms with Crippen LogP contribution in [0.5, 0.6) is 0 Å². The lowest BCUT2D eigenvalue weighted by molar-refractivity contribution is 0.250. The number of amides is 2. The third-order valence-electron chi connectivity index (χ3n) is 4.11. The Bertz CT molecular complexity index is 673. The Morgan fingerprint density at radius 3 is 2.83 bits per heavy atom. The summed E-state index contributed by atoms with van der Waals surface area (Å²) >= 11 is 1.42. The second-order valence-corrected chi connectivity index (χ2v) is 7.38. The normalized spacial score (nSPS) is 17.3. The van der Waals surface area contributed by atoms with E-state index in [1.54, 1.807) is 0 Å². The lowest BCUT2D eigenvalue weighted by Crippen LogP contribution is -2.34. The molecule has 0 spiro atoms. The molecule has 1 aliphatic heterocycles. The van der Waals surface area contributed by atoms with Crippen molar-refractivity contribution in [3.8, 4) is 0 Å². The van der Waals surface area contributed by atoms with Crippen molar-refractivity contribution in [2.24, 2.45) is 5.92 Å². The zero-order chi connectivity index (χ0) is 16.9. The molecule has 24 heavy (non-hydrogen) atoms. The van der Waals surface area contributed by atoms with E-state index in [0.717, 1.165) is 24.5 Å². The van der Waals surface area contributed by atoms with Gasteiger partial charge in [-0.1, -0.05) is 43.4 Å². The quantitative estimate of drug-likeness (QED) is 0.872. The number of anilines is 2. The molecule has 0 bridgehead atoms. The van der Waals surface area contributed by atoms with Crippen LogP contribution < -0.4 is 15.5 Å². The first-order valence-corrected chi connectivity index (χ1v) is 9.11. The fourth-order valence-corrected chi connectivity index (χ4v) is 3.51. The molecule has 0 radical (unpaired) electrons. The minimum Gasteiger partial charge on any atom is -0.371 e. The molecule has 6 nitrogen and oxygen atoms in total. The van der Waals surface area contributed by atoms with Gasteiger partial charge in [-0.15, -0.1) is 10.2 Å². The van der Waals surface area contributed by atoms with E-state index in [2.05, 4.69) is 63.8 Å². The van der Waals surface area contributed by atoms with Gasteiger partial charge < -0.3 is 10.2 Å². The highest BCUT2D eigenvalue weighted by atomic mass is 32.1. The van der Waals surface area contributed by atoms with Crippen LogP contribution >= 0.6 is 11.3 Å². The van der Waals surface area contributed by atoms with Gasteiger partial charge in [0.1, 0.15) is 5.01 Å². The van der Waals surface area contributed by atoms with Crippen molar-refractivity contribution >= 4 is 28.2 Å². The molecule has 1 fully saturated rings. The molecule has 2 N–H and O–H groups in total.